The largest absolute Gasteiger partial charge is 0.390 e. The number of benzene rings is 1. The maximum absolute atomic E-state index is 13.5. The van der Waals surface area contributed by atoms with Crippen LogP contribution in [0.5, 0.6) is 0 Å². The summed E-state index contributed by atoms with van der Waals surface area (Å²) in [7, 11) is 1.47. The Balaban J connectivity index is 2.02. The van der Waals surface area contributed by atoms with E-state index in [2.05, 4.69) is 10.1 Å². The van der Waals surface area contributed by atoms with Crippen LogP contribution in [0.2, 0.25) is 0 Å². The van der Waals surface area contributed by atoms with Crippen molar-refractivity contribution in [2.24, 2.45) is 0 Å². The number of methoxy groups -OCH3 is 1. The van der Waals surface area contributed by atoms with Crippen LogP contribution in [0.4, 0.5) is 8.78 Å². The lowest BCUT2D eigenvalue weighted by atomic mass is 10.1. The molecule has 0 amide bonds. The Morgan fingerprint density at radius 1 is 1.40 bits per heavy atom. The van der Waals surface area contributed by atoms with Gasteiger partial charge in [-0.2, -0.15) is 4.98 Å². The zero-order valence-electron chi connectivity index (χ0n) is 10.8. The quantitative estimate of drug-likeness (QED) is 0.870. The number of rotatable bonds is 6. The molecule has 0 aliphatic rings. The third-order valence-electron chi connectivity index (χ3n) is 2.64. The Morgan fingerprint density at radius 2 is 2.20 bits per heavy atom. The summed E-state index contributed by atoms with van der Waals surface area (Å²) < 4.78 is 36.0. The van der Waals surface area contributed by atoms with Crippen molar-refractivity contribution in [2.75, 3.05) is 13.7 Å². The van der Waals surface area contributed by atoms with E-state index in [1.54, 1.807) is 0 Å². The predicted octanol–water partition coefficient (Wildman–Crippen LogP) is 1.49. The molecule has 5 nitrogen and oxygen atoms in total. The minimum atomic E-state index is -0.740. The van der Waals surface area contributed by atoms with Crippen molar-refractivity contribution >= 4 is 0 Å². The van der Waals surface area contributed by atoms with Crippen LogP contribution >= 0.6 is 0 Å². The fourth-order valence-corrected chi connectivity index (χ4v) is 1.73. The topological polar surface area (TPSA) is 68.4 Å². The van der Waals surface area contributed by atoms with Gasteiger partial charge in [0.05, 0.1) is 19.1 Å². The molecule has 1 heterocycles. The first-order valence-corrected chi connectivity index (χ1v) is 6.01. The highest BCUT2D eigenvalue weighted by Gasteiger charge is 2.14. The number of hydrogen-bond acceptors (Lipinski definition) is 5. The average Bonchev–Trinajstić information content (AvgIpc) is 2.80. The number of aliphatic hydroxyl groups is 1. The Kier molecular flexibility index (Phi) is 4.75. The Morgan fingerprint density at radius 3 is 2.90 bits per heavy atom. The molecule has 1 atom stereocenters. The summed E-state index contributed by atoms with van der Waals surface area (Å²) in [5, 5.41) is 13.2. The highest BCUT2D eigenvalue weighted by molar-refractivity contribution is 5.21. The molecule has 1 unspecified atom stereocenters. The van der Waals surface area contributed by atoms with Gasteiger partial charge < -0.3 is 14.4 Å². The SMILES string of the molecule is COCC(O)Cc1nc(Cc2ccc(F)cc2F)no1. The van der Waals surface area contributed by atoms with Gasteiger partial charge in [0.15, 0.2) is 5.82 Å². The molecule has 1 N–H and O–H groups in total. The lowest BCUT2D eigenvalue weighted by Gasteiger charge is -2.04. The van der Waals surface area contributed by atoms with Gasteiger partial charge in [-0.3, -0.25) is 0 Å². The molecule has 0 aliphatic carbocycles. The van der Waals surface area contributed by atoms with Crippen molar-refractivity contribution in [1.29, 1.82) is 0 Å². The van der Waals surface area contributed by atoms with Crippen molar-refractivity contribution in [3.8, 4) is 0 Å². The maximum atomic E-state index is 13.5. The number of ether oxygens (including phenoxy) is 1. The van der Waals surface area contributed by atoms with E-state index in [4.69, 9.17) is 9.26 Å². The molecule has 2 aromatic rings. The number of aliphatic hydroxyl groups excluding tert-OH is 1. The maximum Gasteiger partial charge on any atom is 0.229 e. The predicted molar refractivity (Wildman–Crippen MR) is 65.0 cm³/mol. The van der Waals surface area contributed by atoms with Gasteiger partial charge in [0.1, 0.15) is 11.6 Å². The Labute approximate surface area is 114 Å². The molecule has 0 saturated heterocycles. The van der Waals surface area contributed by atoms with E-state index < -0.39 is 17.7 Å². The van der Waals surface area contributed by atoms with Gasteiger partial charge in [-0.15, -0.1) is 0 Å². The van der Waals surface area contributed by atoms with Crippen LogP contribution in [0.3, 0.4) is 0 Å². The standard InChI is InChI=1S/C13H14F2N2O3/c1-19-7-10(18)6-13-16-12(17-20-13)4-8-2-3-9(14)5-11(8)15/h2-3,5,10,18H,4,6-7H2,1H3. The molecule has 0 saturated carbocycles. The third-order valence-corrected chi connectivity index (χ3v) is 2.64. The molecular formula is C13H14F2N2O3. The normalized spacial score (nSPS) is 12.6. The lowest BCUT2D eigenvalue weighted by molar-refractivity contribution is 0.0599. The van der Waals surface area contributed by atoms with Gasteiger partial charge in [0.25, 0.3) is 0 Å². The van der Waals surface area contributed by atoms with Crippen LogP contribution in [0, 0.1) is 11.6 Å². The van der Waals surface area contributed by atoms with Gasteiger partial charge in [0, 0.05) is 19.6 Å². The zero-order valence-corrected chi connectivity index (χ0v) is 10.8. The molecule has 0 bridgehead atoms. The molecule has 108 valence electrons. The Bertz CT molecular complexity index is 574. The number of halogens is 2. The second-order valence-electron chi connectivity index (χ2n) is 4.33. The van der Waals surface area contributed by atoms with Crippen LogP contribution in [0.25, 0.3) is 0 Å². The molecule has 2 rings (SSSR count). The molecule has 0 fully saturated rings. The Hall–Kier alpha value is -1.86. The van der Waals surface area contributed by atoms with E-state index in [1.165, 1.54) is 19.2 Å². The second kappa shape index (κ2) is 6.53. The fraction of sp³-hybridized carbons (Fsp3) is 0.385. The minimum Gasteiger partial charge on any atom is -0.390 e. The summed E-state index contributed by atoms with van der Waals surface area (Å²) in [6.45, 7) is 0.157. The van der Waals surface area contributed by atoms with Crippen molar-refractivity contribution in [2.45, 2.75) is 18.9 Å². The first-order chi connectivity index (χ1) is 9.58. The van der Waals surface area contributed by atoms with Crippen molar-refractivity contribution in [1.82, 2.24) is 10.1 Å². The molecule has 0 radical (unpaired) electrons. The van der Waals surface area contributed by atoms with E-state index in [1.807, 2.05) is 0 Å². The van der Waals surface area contributed by atoms with Crippen LogP contribution in [0.15, 0.2) is 22.7 Å². The summed E-state index contributed by atoms with van der Waals surface area (Å²) in [4.78, 5) is 4.04. The van der Waals surface area contributed by atoms with Gasteiger partial charge in [0.2, 0.25) is 5.89 Å². The van der Waals surface area contributed by atoms with Crippen LogP contribution in [0.1, 0.15) is 17.3 Å². The highest BCUT2D eigenvalue weighted by atomic mass is 19.1. The minimum absolute atomic E-state index is 0.0932. The lowest BCUT2D eigenvalue weighted by Crippen LogP contribution is -2.17. The highest BCUT2D eigenvalue weighted by Crippen LogP contribution is 2.13. The van der Waals surface area contributed by atoms with Crippen molar-refractivity contribution < 1.29 is 23.1 Å². The van der Waals surface area contributed by atoms with E-state index in [0.717, 1.165) is 6.07 Å². The first-order valence-electron chi connectivity index (χ1n) is 6.01. The third kappa shape index (κ3) is 3.82. The van der Waals surface area contributed by atoms with Crippen LogP contribution < -0.4 is 0 Å². The van der Waals surface area contributed by atoms with Crippen LogP contribution in [-0.4, -0.2) is 35.1 Å². The first kappa shape index (κ1) is 14.5. The van der Waals surface area contributed by atoms with Gasteiger partial charge >= 0.3 is 0 Å². The number of hydrogen-bond donors (Lipinski definition) is 1. The molecule has 20 heavy (non-hydrogen) atoms. The molecule has 0 spiro atoms. The van der Waals surface area contributed by atoms with E-state index >= 15 is 0 Å². The second-order valence-corrected chi connectivity index (χ2v) is 4.33. The van der Waals surface area contributed by atoms with Crippen molar-refractivity contribution in [3.63, 3.8) is 0 Å². The zero-order chi connectivity index (χ0) is 14.5. The molecule has 0 aliphatic heterocycles. The smallest absolute Gasteiger partial charge is 0.229 e. The van der Waals surface area contributed by atoms with E-state index in [0.29, 0.717) is 0 Å². The molecular weight excluding hydrogens is 270 g/mol. The summed E-state index contributed by atoms with van der Waals surface area (Å²) in [6, 6.07) is 3.31. The fourth-order valence-electron chi connectivity index (χ4n) is 1.73. The van der Waals surface area contributed by atoms with Crippen molar-refractivity contribution in [3.05, 3.63) is 47.1 Å². The molecule has 1 aromatic carbocycles. The van der Waals surface area contributed by atoms with E-state index in [9.17, 15) is 13.9 Å². The summed E-state index contributed by atoms with van der Waals surface area (Å²) in [5.41, 5.74) is 0.274. The van der Waals surface area contributed by atoms with E-state index in [-0.39, 0.29) is 36.7 Å². The van der Waals surface area contributed by atoms with Gasteiger partial charge in [-0.1, -0.05) is 11.2 Å². The molecule has 7 heteroatoms. The monoisotopic (exact) mass is 284 g/mol. The average molecular weight is 284 g/mol. The summed E-state index contributed by atoms with van der Waals surface area (Å²) in [6.07, 6.45) is -0.487. The summed E-state index contributed by atoms with van der Waals surface area (Å²) >= 11 is 0. The van der Waals surface area contributed by atoms with Crippen LogP contribution in [-0.2, 0) is 17.6 Å². The van der Waals surface area contributed by atoms with Gasteiger partial charge in [-0.05, 0) is 11.6 Å². The number of nitrogens with zero attached hydrogens (tertiary/aromatic N) is 2. The number of aromatic nitrogens is 2. The van der Waals surface area contributed by atoms with Gasteiger partial charge in [-0.25, -0.2) is 8.78 Å². The summed E-state index contributed by atoms with van der Waals surface area (Å²) in [5.74, 6) is -0.777. The molecule has 1 aromatic heterocycles.